The van der Waals surface area contributed by atoms with Gasteiger partial charge >= 0.3 is 5.97 Å². The molecule has 2 unspecified atom stereocenters. The number of hydrogen-bond donors (Lipinski definition) is 1. The number of carboxylic acids is 1. The van der Waals surface area contributed by atoms with Crippen LogP contribution in [-0.4, -0.2) is 16.1 Å². The van der Waals surface area contributed by atoms with Gasteiger partial charge in [-0.25, -0.2) is 4.98 Å². The van der Waals surface area contributed by atoms with E-state index in [4.69, 9.17) is 0 Å². The van der Waals surface area contributed by atoms with Gasteiger partial charge in [-0.2, -0.15) is 0 Å². The Labute approximate surface area is 112 Å². The Kier molecular flexibility index (Phi) is 3.76. The topological polar surface area (TPSA) is 50.2 Å². The lowest BCUT2D eigenvalue weighted by molar-refractivity contribution is -0.148. The zero-order chi connectivity index (χ0) is 13.3. The molecule has 0 saturated heterocycles. The van der Waals surface area contributed by atoms with Crippen molar-refractivity contribution in [2.75, 3.05) is 0 Å². The molecule has 1 aromatic heterocycles. The van der Waals surface area contributed by atoms with Gasteiger partial charge in [0.25, 0.3) is 0 Å². The highest BCUT2D eigenvalue weighted by Crippen LogP contribution is 2.46. The first-order chi connectivity index (χ1) is 8.47. The van der Waals surface area contributed by atoms with Gasteiger partial charge in [0, 0.05) is 11.3 Å². The summed E-state index contributed by atoms with van der Waals surface area (Å²) in [5, 5.41) is 10.6. The minimum absolute atomic E-state index is 0.558. The van der Waals surface area contributed by atoms with Crippen LogP contribution in [0, 0.1) is 25.2 Å². The fraction of sp³-hybridized carbons (Fsp3) is 0.714. The van der Waals surface area contributed by atoms with Crippen molar-refractivity contribution in [2.24, 2.45) is 11.3 Å². The van der Waals surface area contributed by atoms with Gasteiger partial charge in [0.05, 0.1) is 16.1 Å². The van der Waals surface area contributed by atoms with Gasteiger partial charge in [0.15, 0.2) is 0 Å². The first-order valence-corrected chi connectivity index (χ1v) is 7.45. The molecular weight excluding hydrogens is 246 g/mol. The molecule has 1 heterocycles. The second-order valence-corrected chi connectivity index (χ2v) is 6.82. The summed E-state index contributed by atoms with van der Waals surface area (Å²) in [4.78, 5) is 17.4. The average molecular weight is 267 g/mol. The van der Waals surface area contributed by atoms with Crippen LogP contribution in [-0.2, 0) is 11.2 Å². The third-order valence-corrected chi connectivity index (χ3v) is 5.38. The smallest absolute Gasteiger partial charge is 0.310 e. The van der Waals surface area contributed by atoms with Gasteiger partial charge in [0.2, 0.25) is 0 Å². The van der Waals surface area contributed by atoms with Crippen LogP contribution in [0.1, 0.15) is 48.2 Å². The lowest BCUT2D eigenvalue weighted by Crippen LogP contribution is -2.30. The molecule has 3 nitrogen and oxygen atoms in total. The third-order valence-electron chi connectivity index (χ3n) is 4.30. The quantitative estimate of drug-likeness (QED) is 0.907. The first kappa shape index (κ1) is 13.5. The van der Waals surface area contributed by atoms with Gasteiger partial charge in [-0.05, 0) is 39.0 Å². The van der Waals surface area contributed by atoms with E-state index in [9.17, 15) is 9.90 Å². The summed E-state index contributed by atoms with van der Waals surface area (Å²) in [6, 6.07) is 0. The molecule has 4 heteroatoms. The monoisotopic (exact) mass is 267 g/mol. The van der Waals surface area contributed by atoms with Crippen molar-refractivity contribution < 1.29 is 9.90 Å². The number of nitrogens with zero attached hydrogens (tertiary/aromatic N) is 1. The molecule has 18 heavy (non-hydrogen) atoms. The Bertz CT molecular complexity index is 435. The number of hydrogen-bond acceptors (Lipinski definition) is 3. The minimum atomic E-state index is -0.635. The number of rotatable bonds is 4. The maximum Gasteiger partial charge on any atom is 0.310 e. The Balaban J connectivity index is 2.19. The molecule has 0 bridgehead atoms. The van der Waals surface area contributed by atoms with Crippen LogP contribution in [0.15, 0.2) is 0 Å². The Morgan fingerprint density at radius 3 is 2.72 bits per heavy atom. The predicted octanol–water partition coefficient (Wildman–Crippen LogP) is 3.58. The molecule has 2 rings (SSSR count). The SMILES string of the molecule is CCC1CCC(Cc2nc(C)c(C)s2)(C(=O)O)C1. The molecule has 100 valence electrons. The number of carbonyl (C=O) groups is 1. The highest BCUT2D eigenvalue weighted by molar-refractivity contribution is 7.11. The third kappa shape index (κ3) is 2.44. The van der Waals surface area contributed by atoms with Crippen molar-refractivity contribution >= 4 is 17.3 Å². The van der Waals surface area contributed by atoms with E-state index in [1.165, 1.54) is 4.88 Å². The van der Waals surface area contributed by atoms with Crippen molar-refractivity contribution in [3.63, 3.8) is 0 Å². The molecule has 1 saturated carbocycles. The van der Waals surface area contributed by atoms with E-state index in [1.807, 2.05) is 13.8 Å². The highest BCUT2D eigenvalue weighted by Gasteiger charge is 2.45. The largest absolute Gasteiger partial charge is 0.481 e. The number of aromatic nitrogens is 1. The van der Waals surface area contributed by atoms with Crippen LogP contribution in [0.4, 0.5) is 0 Å². The van der Waals surface area contributed by atoms with Gasteiger partial charge in [-0.1, -0.05) is 13.3 Å². The number of carboxylic acid groups (broad SMARTS) is 1. The normalized spacial score (nSPS) is 27.6. The zero-order valence-corrected chi connectivity index (χ0v) is 12.1. The molecule has 1 fully saturated rings. The minimum Gasteiger partial charge on any atom is -0.481 e. The van der Waals surface area contributed by atoms with Crippen LogP contribution < -0.4 is 0 Å². The first-order valence-electron chi connectivity index (χ1n) is 6.63. The van der Waals surface area contributed by atoms with Gasteiger partial charge in [0.1, 0.15) is 0 Å². The number of aliphatic carboxylic acids is 1. The fourth-order valence-corrected chi connectivity index (χ4v) is 4.00. The van der Waals surface area contributed by atoms with Gasteiger partial charge in [-0.3, -0.25) is 4.79 Å². The molecule has 1 aromatic rings. The Hall–Kier alpha value is -0.900. The maximum absolute atomic E-state index is 11.7. The number of aryl methyl sites for hydroxylation is 2. The van der Waals surface area contributed by atoms with E-state index in [-0.39, 0.29) is 0 Å². The van der Waals surface area contributed by atoms with E-state index in [2.05, 4.69) is 11.9 Å². The summed E-state index contributed by atoms with van der Waals surface area (Å²) in [6.45, 7) is 6.19. The van der Waals surface area contributed by atoms with Crippen LogP contribution >= 0.6 is 11.3 Å². The molecule has 1 aliphatic rings. The standard InChI is InChI=1S/C14H21NO2S/c1-4-11-5-6-14(7-11,13(16)17)8-12-15-9(2)10(3)18-12/h11H,4-8H2,1-3H3,(H,16,17). The molecule has 1 aliphatic carbocycles. The molecule has 0 aliphatic heterocycles. The van der Waals surface area contributed by atoms with Crippen molar-refractivity contribution in [3.8, 4) is 0 Å². The summed E-state index contributed by atoms with van der Waals surface area (Å²) >= 11 is 1.65. The van der Waals surface area contributed by atoms with E-state index >= 15 is 0 Å². The fourth-order valence-electron chi connectivity index (χ4n) is 2.92. The Morgan fingerprint density at radius 1 is 1.56 bits per heavy atom. The van der Waals surface area contributed by atoms with E-state index < -0.39 is 11.4 Å². The molecule has 0 aromatic carbocycles. The second kappa shape index (κ2) is 5.00. The summed E-state index contributed by atoms with van der Waals surface area (Å²) in [5.41, 5.74) is 0.484. The molecule has 1 N–H and O–H groups in total. The summed E-state index contributed by atoms with van der Waals surface area (Å²) in [7, 11) is 0. The van der Waals surface area contributed by atoms with Crippen molar-refractivity contribution in [1.29, 1.82) is 0 Å². The second-order valence-electron chi connectivity index (χ2n) is 5.53. The average Bonchev–Trinajstić information content (AvgIpc) is 2.85. The summed E-state index contributed by atoms with van der Waals surface area (Å²) in [6.07, 6.45) is 4.37. The van der Waals surface area contributed by atoms with Crippen molar-refractivity contribution in [1.82, 2.24) is 4.98 Å². The molecule has 2 atom stereocenters. The highest BCUT2D eigenvalue weighted by atomic mass is 32.1. The van der Waals surface area contributed by atoms with Crippen LogP contribution in [0.3, 0.4) is 0 Å². The van der Waals surface area contributed by atoms with Crippen LogP contribution in [0.5, 0.6) is 0 Å². The van der Waals surface area contributed by atoms with Crippen molar-refractivity contribution in [3.05, 3.63) is 15.6 Å². The van der Waals surface area contributed by atoms with Gasteiger partial charge < -0.3 is 5.11 Å². The molecule has 0 spiro atoms. The van der Waals surface area contributed by atoms with E-state index in [1.54, 1.807) is 11.3 Å². The Morgan fingerprint density at radius 2 is 2.28 bits per heavy atom. The molecule has 0 radical (unpaired) electrons. The van der Waals surface area contributed by atoms with E-state index in [0.29, 0.717) is 12.3 Å². The van der Waals surface area contributed by atoms with Crippen molar-refractivity contribution in [2.45, 2.75) is 52.9 Å². The van der Waals surface area contributed by atoms with Crippen LogP contribution in [0.2, 0.25) is 0 Å². The van der Waals surface area contributed by atoms with Crippen LogP contribution in [0.25, 0.3) is 0 Å². The van der Waals surface area contributed by atoms with Gasteiger partial charge in [-0.15, -0.1) is 11.3 Å². The number of thiazole rings is 1. The zero-order valence-electron chi connectivity index (χ0n) is 11.3. The molecule has 0 amide bonds. The lowest BCUT2D eigenvalue weighted by Gasteiger charge is -2.23. The summed E-state index contributed by atoms with van der Waals surface area (Å²) in [5.74, 6) is -0.0628. The maximum atomic E-state index is 11.7. The van der Waals surface area contributed by atoms with E-state index in [0.717, 1.165) is 36.4 Å². The summed E-state index contributed by atoms with van der Waals surface area (Å²) < 4.78 is 0. The predicted molar refractivity (Wildman–Crippen MR) is 73.0 cm³/mol. The molecular formula is C14H21NO2S. The lowest BCUT2D eigenvalue weighted by atomic mass is 9.82.